The largest absolute Gasteiger partial charge is 0.358 e. The molecular formula is C12H12N4O3. The molecule has 0 radical (unpaired) electrons. The van der Waals surface area contributed by atoms with Crippen molar-refractivity contribution in [3.63, 3.8) is 0 Å². The van der Waals surface area contributed by atoms with Gasteiger partial charge in [0, 0.05) is 5.69 Å². The molecule has 0 aliphatic heterocycles. The number of aryl methyl sites for hydroxylation is 1. The van der Waals surface area contributed by atoms with E-state index in [1.165, 1.54) is 6.07 Å². The monoisotopic (exact) mass is 260 g/mol. The lowest BCUT2D eigenvalue weighted by Crippen LogP contribution is -2.20. The van der Waals surface area contributed by atoms with Crippen molar-refractivity contribution < 1.29 is 9.72 Å². The van der Waals surface area contributed by atoms with E-state index >= 15 is 0 Å². The topological polar surface area (TPSA) is 90.1 Å². The van der Waals surface area contributed by atoms with E-state index in [1.54, 1.807) is 31.2 Å². The van der Waals surface area contributed by atoms with Crippen LogP contribution in [0.3, 0.4) is 0 Å². The first kappa shape index (κ1) is 12.7. The lowest BCUT2D eigenvalue weighted by atomic mass is 10.3. The summed E-state index contributed by atoms with van der Waals surface area (Å²) in [6.07, 6.45) is 0. The molecule has 0 aliphatic rings. The van der Waals surface area contributed by atoms with Crippen LogP contribution in [-0.4, -0.2) is 20.6 Å². The summed E-state index contributed by atoms with van der Waals surface area (Å²) in [4.78, 5) is 22.0. The average molecular weight is 260 g/mol. The molecule has 1 aromatic carbocycles. The summed E-state index contributed by atoms with van der Waals surface area (Å²) in [6.45, 7) is 1.44. The second-order valence-electron chi connectivity index (χ2n) is 3.97. The Balaban J connectivity index is 2.09. The standard InChI is InChI=1S/C12H12N4O3/c1-9-7-12(16(18)19)15(14-9)8-11(17)13-10-5-3-2-4-6-10/h2-7H,8H2,1H3,(H,13,17). The summed E-state index contributed by atoms with van der Waals surface area (Å²) in [5, 5.41) is 17.4. The fourth-order valence-electron chi connectivity index (χ4n) is 1.65. The van der Waals surface area contributed by atoms with E-state index in [2.05, 4.69) is 10.4 Å². The summed E-state index contributed by atoms with van der Waals surface area (Å²) in [5.74, 6) is -0.557. The van der Waals surface area contributed by atoms with Crippen molar-refractivity contribution in [3.8, 4) is 0 Å². The third-order valence-corrected chi connectivity index (χ3v) is 2.42. The van der Waals surface area contributed by atoms with E-state index in [4.69, 9.17) is 0 Å². The highest BCUT2D eigenvalue weighted by atomic mass is 16.6. The van der Waals surface area contributed by atoms with Crippen molar-refractivity contribution in [1.29, 1.82) is 0 Å². The molecule has 7 heteroatoms. The van der Waals surface area contributed by atoms with Crippen molar-refractivity contribution in [2.24, 2.45) is 0 Å². The van der Waals surface area contributed by atoms with Gasteiger partial charge in [0.1, 0.15) is 0 Å². The van der Waals surface area contributed by atoms with Crippen molar-refractivity contribution in [2.75, 3.05) is 5.32 Å². The number of benzene rings is 1. The third-order valence-electron chi connectivity index (χ3n) is 2.42. The number of hydrogen-bond acceptors (Lipinski definition) is 4. The van der Waals surface area contributed by atoms with Crippen molar-refractivity contribution in [1.82, 2.24) is 9.78 Å². The van der Waals surface area contributed by atoms with E-state index in [-0.39, 0.29) is 18.3 Å². The van der Waals surface area contributed by atoms with Crippen LogP contribution in [-0.2, 0) is 11.3 Å². The van der Waals surface area contributed by atoms with Crippen LogP contribution in [0.1, 0.15) is 5.69 Å². The zero-order valence-corrected chi connectivity index (χ0v) is 10.2. The Bertz CT molecular complexity index is 607. The summed E-state index contributed by atoms with van der Waals surface area (Å²) in [6, 6.07) is 10.2. The minimum atomic E-state index is -0.560. The van der Waals surface area contributed by atoms with Gasteiger partial charge in [0.05, 0.1) is 11.8 Å². The number of nitrogens with zero attached hydrogens (tertiary/aromatic N) is 3. The van der Waals surface area contributed by atoms with Gasteiger partial charge in [-0.15, -0.1) is 4.68 Å². The van der Waals surface area contributed by atoms with E-state index in [0.717, 1.165) is 4.68 Å². The second kappa shape index (κ2) is 5.30. The van der Waals surface area contributed by atoms with Crippen molar-refractivity contribution >= 4 is 17.4 Å². The first-order valence-electron chi connectivity index (χ1n) is 5.60. The number of aromatic nitrogens is 2. The van der Waals surface area contributed by atoms with Crippen LogP contribution in [0.15, 0.2) is 36.4 Å². The van der Waals surface area contributed by atoms with Gasteiger partial charge < -0.3 is 15.4 Å². The molecule has 1 aromatic heterocycles. The Kier molecular flexibility index (Phi) is 3.56. The van der Waals surface area contributed by atoms with Gasteiger partial charge in [-0.25, -0.2) is 0 Å². The molecule has 1 heterocycles. The molecule has 0 unspecified atom stereocenters. The van der Waals surface area contributed by atoms with E-state index in [1.807, 2.05) is 6.07 Å². The van der Waals surface area contributed by atoms with Crippen LogP contribution in [0.5, 0.6) is 0 Å². The second-order valence-corrected chi connectivity index (χ2v) is 3.97. The summed E-state index contributed by atoms with van der Waals surface area (Å²) in [7, 11) is 0. The van der Waals surface area contributed by atoms with Gasteiger partial charge >= 0.3 is 5.82 Å². The smallest absolute Gasteiger partial charge is 0.345 e. The Morgan fingerprint density at radius 2 is 2.11 bits per heavy atom. The molecule has 0 aliphatic carbocycles. The fraction of sp³-hybridized carbons (Fsp3) is 0.167. The Morgan fingerprint density at radius 3 is 2.74 bits per heavy atom. The number of amides is 1. The Hall–Kier alpha value is -2.70. The first-order valence-corrected chi connectivity index (χ1v) is 5.60. The fourth-order valence-corrected chi connectivity index (χ4v) is 1.65. The molecule has 0 bridgehead atoms. The van der Waals surface area contributed by atoms with E-state index < -0.39 is 4.92 Å². The Labute approximate surface area is 109 Å². The average Bonchev–Trinajstić information content (AvgIpc) is 2.71. The minimum absolute atomic E-state index is 0.194. The summed E-state index contributed by atoms with van der Waals surface area (Å²) < 4.78 is 1.08. The van der Waals surface area contributed by atoms with Crippen LogP contribution in [0.25, 0.3) is 0 Å². The highest BCUT2D eigenvalue weighted by molar-refractivity contribution is 5.90. The molecule has 1 N–H and O–H groups in total. The molecule has 0 saturated heterocycles. The van der Waals surface area contributed by atoms with Gasteiger partial charge in [-0.1, -0.05) is 23.3 Å². The molecule has 2 aromatic rings. The van der Waals surface area contributed by atoms with Crippen LogP contribution < -0.4 is 5.32 Å². The Morgan fingerprint density at radius 1 is 1.42 bits per heavy atom. The zero-order chi connectivity index (χ0) is 13.8. The minimum Gasteiger partial charge on any atom is -0.358 e. The van der Waals surface area contributed by atoms with Crippen LogP contribution >= 0.6 is 0 Å². The molecule has 19 heavy (non-hydrogen) atoms. The van der Waals surface area contributed by atoms with E-state index in [9.17, 15) is 14.9 Å². The molecule has 1 amide bonds. The SMILES string of the molecule is Cc1cc([N+](=O)[O-])n(CC(=O)Nc2ccccc2)n1. The molecule has 7 nitrogen and oxygen atoms in total. The van der Waals surface area contributed by atoms with Gasteiger partial charge in [-0.05, 0) is 24.0 Å². The lowest BCUT2D eigenvalue weighted by molar-refractivity contribution is -0.392. The third kappa shape index (κ3) is 3.15. The van der Waals surface area contributed by atoms with Crippen molar-refractivity contribution in [2.45, 2.75) is 13.5 Å². The maximum Gasteiger partial charge on any atom is 0.345 e. The van der Waals surface area contributed by atoms with Gasteiger partial charge in [0.25, 0.3) is 5.91 Å². The van der Waals surface area contributed by atoms with Crippen LogP contribution in [0.4, 0.5) is 11.5 Å². The highest BCUT2D eigenvalue weighted by Crippen LogP contribution is 2.13. The summed E-state index contributed by atoms with van der Waals surface area (Å²) in [5.41, 5.74) is 1.14. The summed E-state index contributed by atoms with van der Waals surface area (Å²) >= 11 is 0. The van der Waals surface area contributed by atoms with E-state index in [0.29, 0.717) is 11.4 Å². The highest BCUT2D eigenvalue weighted by Gasteiger charge is 2.19. The van der Waals surface area contributed by atoms with Gasteiger partial charge in [-0.2, -0.15) is 0 Å². The number of carbonyl (C=O) groups excluding carboxylic acids is 1. The quantitative estimate of drug-likeness (QED) is 0.669. The molecule has 0 saturated carbocycles. The van der Waals surface area contributed by atoms with Crippen LogP contribution in [0.2, 0.25) is 0 Å². The number of hydrogen-bond donors (Lipinski definition) is 1. The molecule has 0 spiro atoms. The number of carbonyl (C=O) groups is 1. The molecule has 98 valence electrons. The number of rotatable bonds is 4. The van der Waals surface area contributed by atoms with Crippen LogP contribution in [0, 0.1) is 17.0 Å². The van der Waals surface area contributed by atoms with Gasteiger partial charge in [-0.3, -0.25) is 4.79 Å². The molecule has 0 fully saturated rings. The maximum absolute atomic E-state index is 11.8. The first-order chi connectivity index (χ1) is 9.06. The number of anilines is 1. The van der Waals surface area contributed by atoms with Gasteiger partial charge in [0.15, 0.2) is 6.54 Å². The van der Waals surface area contributed by atoms with Gasteiger partial charge in [0.2, 0.25) is 0 Å². The molecular weight excluding hydrogens is 248 g/mol. The predicted molar refractivity (Wildman–Crippen MR) is 68.7 cm³/mol. The number of para-hydroxylation sites is 1. The zero-order valence-electron chi connectivity index (χ0n) is 10.2. The predicted octanol–water partition coefficient (Wildman–Crippen LogP) is 1.74. The number of nitrogens with one attached hydrogen (secondary N) is 1. The molecule has 2 rings (SSSR count). The molecule has 0 atom stereocenters. The normalized spacial score (nSPS) is 10.2. The van der Waals surface area contributed by atoms with Crippen molar-refractivity contribution in [3.05, 3.63) is 52.2 Å². The number of nitro groups is 1. The lowest BCUT2D eigenvalue weighted by Gasteiger charge is -2.03. The maximum atomic E-state index is 11.8.